The smallest absolute Gasteiger partial charge is 0.259 e. The van der Waals surface area contributed by atoms with Gasteiger partial charge in [0.25, 0.3) is 5.91 Å². The Hall–Kier alpha value is -1.66. The van der Waals surface area contributed by atoms with Crippen LogP contribution in [0.25, 0.3) is 0 Å². The summed E-state index contributed by atoms with van der Waals surface area (Å²) < 4.78 is 13.3. The normalized spacial score (nSPS) is 10.4. The Morgan fingerprint density at radius 1 is 1.39 bits per heavy atom. The Bertz CT molecular complexity index is 614. The number of H-pyrrole nitrogens is 1. The standard InChI is InChI=1S/C10H7Cl2FN4O/c1-4-14-10(17-16-4)15-9(18)5-2-8(13)7(12)3-6(5)11/h2-3H,1H3,(H2,14,15,16,17,18). The summed E-state index contributed by atoms with van der Waals surface area (Å²) in [6, 6.07) is 2.12. The number of aromatic nitrogens is 3. The molecular weight excluding hydrogens is 282 g/mol. The summed E-state index contributed by atoms with van der Waals surface area (Å²) in [5, 5.41) is 8.56. The van der Waals surface area contributed by atoms with E-state index in [4.69, 9.17) is 23.2 Å². The molecule has 1 heterocycles. The van der Waals surface area contributed by atoms with Gasteiger partial charge in [0, 0.05) is 0 Å². The van der Waals surface area contributed by atoms with Gasteiger partial charge < -0.3 is 0 Å². The molecule has 0 saturated carbocycles. The molecule has 0 aliphatic carbocycles. The highest BCUT2D eigenvalue weighted by atomic mass is 35.5. The monoisotopic (exact) mass is 288 g/mol. The van der Waals surface area contributed by atoms with E-state index in [2.05, 4.69) is 20.5 Å². The van der Waals surface area contributed by atoms with Gasteiger partial charge in [0.15, 0.2) is 0 Å². The average molecular weight is 289 g/mol. The Morgan fingerprint density at radius 2 is 2.11 bits per heavy atom. The van der Waals surface area contributed by atoms with E-state index < -0.39 is 11.7 Å². The second kappa shape index (κ2) is 4.91. The maximum atomic E-state index is 13.3. The van der Waals surface area contributed by atoms with Crippen molar-refractivity contribution in [3.63, 3.8) is 0 Å². The van der Waals surface area contributed by atoms with Crippen LogP contribution in [0.3, 0.4) is 0 Å². The second-order valence-electron chi connectivity index (χ2n) is 3.44. The van der Waals surface area contributed by atoms with E-state index in [0.717, 1.165) is 12.1 Å². The highest BCUT2D eigenvalue weighted by Crippen LogP contribution is 2.24. The molecule has 2 rings (SSSR count). The van der Waals surface area contributed by atoms with Crippen molar-refractivity contribution in [3.8, 4) is 0 Å². The molecule has 0 fully saturated rings. The maximum Gasteiger partial charge on any atom is 0.259 e. The zero-order chi connectivity index (χ0) is 13.3. The number of hydrogen-bond acceptors (Lipinski definition) is 3. The van der Waals surface area contributed by atoms with E-state index in [1.54, 1.807) is 6.92 Å². The van der Waals surface area contributed by atoms with E-state index >= 15 is 0 Å². The van der Waals surface area contributed by atoms with Crippen LogP contribution in [0.1, 0.15) is 16.2 Å². The Labute approximate surface area is 111 Å². The summed E-state index contributed by atoms with van der Waals surface area (Å²) in [7, 11) is 0. The highest BCUT2D eigenvalue weighted by Gasteiger charge is 2.15. The Kier molecular flexibility index (Phi) is 3.49. The van der Waals surface area contributed by atoms with Gasteiger partial charge in [-0.1, -0.05) is 23.2 Å². The van der Waals surface area contributed by atoms with Crippen LogP contribution in [0.4, 0.5) is 10.3 Å². The van der Waals surface area contributed by atoms with Gasteiger partial charge in [-0.05, 0) is 19.1 Å². The number of anilines is 1. The fraction of sp³-hybridized carbons (Fsp3) is 0.100. The number of halogens is 3. The van der Waals surface area contributed by atoms with Crippen LogP contribution < -0.4 is 5.32 Å². The summed E-state index contributed by atoms with van der Waals surface area (Å²) in [5.74, 6) is -0.713. The van der Waals surface area contributed by atoms with E-state index in [9.17, 15) is 9.18 Å². The molecule has 0 bridgehead atoms. The molecule has 1 amide bonds. The zero-order valence-corrected chi connectivity index (χ0v) is 10.6. The van der Waals surface area contributed by atoms with Gasteiger partial charge in [-0.2, -0.15) is 4.98 Å². The van der Waals surface area contributed by atoms with E-state index in [0.29, 0.717) is 5.82 Å². The molecule has 8 heteroatoms. The molecule has 2 N–H and O–H groups in total. The van der Waals surface area contributed by atoms with Crippen molar-refractivity contribution >= 4 is 35.1 Å². The fourth-order valence-corrected chi connectivity index (χ4v) is 1.73. The van der Waals surface area contributed by atoms with E-state index in [1.807, 2.05) is 0 Å². The van der Waals surface area contributed by atoms with Crippen LogP contribution in [0.2, 0.25) is 10.0 Å². The van der Waals surface area contributed by atoms with Gasteiger partial charge in [0.05, 0.1) is 15.6 Å². The lowest BCUT2D eigenvalue weighted by Gasteiger charge is -2.04. The lowest BCUT2D eigenvalue weighted by Crippen LogP contribution is -2.14. The quantitative estimate of drug-likeness (QED) is 0.835. The first-order valence-corrected chi connectivity index (χ1v) is 5.58. The molecule has 0 spiro atoms. The van der Waals surface area contributed by atoms with Crippen LogP contribution in [0, 0.1) is 12.7 Å². The lowest BCUT2D eigenvalue weighted by atomic mass is 10.2. The van der Waals surface area contributed by atoms with Gasteiger partial charge in [-0.15, -0.1) is 5.10 Å². The summed E-state index contributed by atoms with van der Waals surface area (Å²) in [4.78, 5) is 15.7. The number of carbonyl (C=O) groups excluding carboxylic acids is 1. The molecule has 1 aromatic carbocycles. The summed E-state index contributed by atoms with van der Waals surface area (Å²) in [5.41, 5.74) is -0.0407. The Balaban J connectivity index is 2.26. The third kappa shape index (κ3) is 2.60. The Morgan fingerprint density at radius 3 is 2.72 bits per heavy atom. The molecule has 1 aromatic heterocycles. The molecule has 2 aromatic rings. The third-order valence-corrected chi connectivity index (χ3v) is 2.68. The van der Waals surface area contributed by atoms with Crippen LogP contribution in [-0.2, 0) is 0 Å². The first-order valence-electron chi connectivity index (χ1n) is 4.82. The fourth-order valence-electron chi connectivity index (χ4n) is 1.26. The van der Waals surface area contributed by atoms with Crippen molar-refractivity contribution in [2.45, 2.75) is 6.92 Å². The number of carbonyl (C=O) groups is 1. The SMILES string of the molecule is Cc1nc(NC(=O)c2cc(F)c(Cl)cc2Cl)n[nH]1. The number of nitrogens with one attached hydrogen (secondary N) is 2. The summed E-state index contributed by atoms with van der Waals surface area (Å²) >= 11 is 11.3. The minimum Gasteiger partial charge on any atom is -0.289 e. The zero-order valence-electron chi connectivity index (χ0n) is 9.09. The van der Waals surface area contributed by atoms with Crippen LogP contribution in [-0.4, -0.2) is 21.1 Å². The average Bonchev–Trinajstić information content (AvgIpc) is 2.69. The highest BCUT2D eigenvalue weighted by molar-refractivity contribution is 6.37. The third-order valence-electron chi connectivity index (χ3n) is 2.08. The van der Waals surface area contributed by atoms with Crippen molar-refractivity contribution in [2.75, 3.05) is 5.32 Å². The predicted octanol–water partition coefficient (Wildman–Crippen LogP) is 2.81. The number of aromatic amines is 1. The van der Waals surface area contributed by atoms with Crippen LogP contribution >= 0.6 is 23.2 Å². The molecule has 0 radical (unpaired) electrons. The predicted molar refractivity (Wildman–Crippen MR) is 65.5 cm³/mol. The second-order valence-corrected chi connectivity index (χ2v) is 4.26. The number of aryl methyl sites for hydroxylation is 1. The summed E-state index contributed by atoms with van der Waals surface area (Å²) in [6.07, 6.45) is 0. The minimum absolute atomic E-state index is 0.0407. The number of hydrogen-bond donors (Lipinski definition) is 2. The minimum atomic E-state index is -0.725. The largest absolute Gasteiger partial charge is 0.289 e. The van der Waals surface area contributed by atoms with Crippen molar-refractivity contribution in [3.05, 3.63) is 39.4 Å². The molecular formula is C10H7Cl2FN4O. The molecule has 0 unspecified atom stereocenters. The lowest BCUT2D eigenvalue weighted by molar-refractivity contribution is 0.102. The molecule has 94 valence electrons. The topological polar surface area (TPSA) is 70.7 Å². The first kappa shape index (κ1) is 12.8. The van der Waals surface area contributed by atoms with Gasteiger partial charge >= 0.3 is 0 Å². The van der Waals surface area contributed by atoms with Crippen molar-refractivity contribution in [2.24, 2.45) is 0 Å². The summed E-state index contributed by atoms with van der Waals surface area (Å²) in [6.45, 7) is 1.68. The number of amides is 1. The molecule has 0 aliphatic heterocycles. The van der Waals surface area contributed by atoms with Gasteiger partial charge in [0.1, 0.15) is 11.6 Å². The van der Waals surface area contributed by atoms with Crippen molar-refractivity contribution in [1.82, 2.24) is 15.2 Å². The molecule has 0 saturated heterocycles. The first-order chi connectivity index (χ1) is 8.47. The van der Waals surface area contributed by atoms with Crippen LogP contribution in [0.15, 0.2) is 12.1 Å². The molecule has 5 nitrogen and oxygen atoms in total. The van der Waals surface area contributed by atoms with Crippen LogP contribution in [0.5, 0.6) is 0 Å². The van der Waals surface area contributed by atoms with Crippen molar-refractivity contribution in [1.29, 1.82) is 0 Å². The number of nitrogens with zero attached hydrogens (tertiary/aromatic N) is 2. The number of rotatable bonds is 2. The van der Waals surface area contributed by atoms with Gasteiger partial charge in [-0.3, -0.25) is 15.2 Å². The molecule has 18 heavy (non-hydrogen) atoms. The van der Waals surface area contributed by atoms with Gasteiger partial charge in [0.2, 0.25) is 5.95 Å². The molecule has 0 atom stereocenters. The van der Waals surface area contributed by atoms with Crippen molar-refractivity contribution < 1.29 is 9.18 Å². The maximum absolute atomic E-state index is 13.3. The van der Waals surface area contributed by atoms with E-state index in [-0.39, 0.29) is 21.6 Å². The molecule has 0 aliphatic rings. The number of benzene rings is 1. The van der Waals surface area contributed by atoms with Gasteiger partial charge in [-0.25, -0.2) is 4.39 Å². The van der Waals surface area contributed by atoms with E-state index in [1.165, 1.54) is 0 Å².